The van der Waals surface area contributed by atoms with Crippen molar-refractivity contribution in [2.45, 2.75) is 19.0 Å². The number of piperazine rings is 1. The summed E-state index contributed by atoms with van der Waals surface area (Å²) in [7, 11) is 0. The Hall–Kier alpha value is -3.19. The lowest BCUT2D eigenvalue weighted by Gasteiger charge is -2.37. The van der Waals surface area contributed by atoms with Gasteiger partial charge in [-0.05, 0) is 35.2 Å². The van der Waals surface area contributed by atoms with Crippen LogP contribution in [-0.4, -0.2) is 47.8 Å². The zero-order valence-electron chi connectivity index (χ0n) is 17.6. The molecule has 2 aliphatic heterocycles. The van der Waals surface area contributed by atoms with Gasteiger partial charge in [0.2, 0.25) is 5.91 Å². The molecule has 2 aliphatic rings. The lowest BCUT2D eigenvalue weighted by Crippen LogP contribution is -2.49. The summed E-state index contributed by atoms with van der Waals surface area (Å²) >= 11 is 1.57. The number of carbonyl (C=O) groups excluding carboxylic acids is 2. The predicted octanol–water partition coefficient (Wildman–Crippen LogP) is 4.32. The molecule has 164 valence electrons. The molecule has 1 atom stereocenters. The predicted molar refractivity (Wildman–Crippen MR) is 123 cm³/mol. The molecule has 0 saturated carbocycles. The van der Waals surface area contributed by atoms with Crippen LogP contribution in [0, 0.1) is 5.82 Å². The summed E-state index contributed by atoms with van der Waals surface area (Å²) in [5, 5.41) is 1.98. The zero-order valence-corrected chi connectivity index (χ0v) is 18.4. The standard InChI is InChI=1S/C25H24FN3O2S/c26-20-8-3-4-9-21(20)27-11-13-28(14-12-27)24(30)16-22(23-10-5-15-32-23)29-17-18-6-1-2-7-19(18)25(29)31/h1-10,15,22H,11-14,16-17H2. The molecule has 5 nitrogen and oxygen atoms in total. The lowest BCUT2D eigenvalue weighted by atomic mass is 10.1. The fourth-order valence-electron chi connectivity index (χ4n) is 4.57. The van der Waals surface area contributed by atoms with Crippen molar-refractivity contribution in [2.24, 2.45) is 0 Å². The van der Waals surface area contributed by atoms with Gasteiger partial charge in [0, 0.05) is 43.2 Å². The van der Waals surface area contributed by atoms with E-state index in [0.29, 0.717) is 38.4 Å². The zero-order chi connectivity index (χ0) is 22.1. The Balaban J connectivity index is 1.29. The molecule has 0 spiro atoms. The Kier molecular flexibility index (Phi) is 5.66. The van der Waals surface area contributed by atoms with E-state index in [1.54, 1.807) is 23.5 Å². The van der Waals surface area contributed by atoms with Gasteiger partial charge in [0.1, 0.15) is 5.82 Å². The first kappa shape index (κ1) is 20.7. The van der Waals surface area contributed by atoms with Gasteiger partial charge in [-0.1, -0.05) is 36.4 Å². The maximum Gasteiger partial charge on any atom is 0.255 e. The fraction of sp³-hybridized carbons (Fsp3) is 0.280. The molecule has 0 aliphatic carbocycles. The van der Waals surface area contributed by atoms with Crippen LogP contribution in [-0.2, 0) is 11.3 Å². The van der Waals surface area contributed by atoms with Crippen LogP contribution in [0.25, 0.3) is 0 Å². The highest BCUT2D eigenvalue weighted by atomic mass is 32.1. The third-order valence-corrected chi connectivity index (χ3v) is 7.26. The van der Waals surface area contributed by atoms with E-state index in [-0.39, 0.29) is 30.1 Å². The third kappa shape index (κ3) is 3.88. The molecular weight excluding hydrogens is 425 g/mol. The summed E-state index contributed by atoms with van der Waals surface area (Å²) in [5.41, 5.74) is 2.31. The molecule has 1 fully saturated rings. The number of hydrogen-bond acceptors (Lipinski definition) is 4. The maximum absolute atomic E-state index is 14.1. The summed E-state index contributed by atoms with van der Waals surface area (Å²) in [6, 6.07) is 18.1. The van der Waals surface area contributed by atoms with Crippen LogP contribution in [0.4, 0.5) is 10.1 Å². The van der Waals surface area contributed by atoms with E-state index < -0.39 is 0 Å². The van der Waals surface area contributed by atoms with E-state index in [4.69, 9.17) is 0 Å². The van der Waals surface area contributed by atoms with Crippen molar-refractivity contribution < 1.29 is 14.0 Å². The minimum atomic E-state index is -0.285. The van der Waals surface area contributed by atoms with Gasteiger partial charge in [-0.3, -0.25) is 9.59 Å². The normalized spacial score (nSPS) is 16.9. The summed E-state index contributed by atoms with van der Waals surface area (Å²) in [6.45, 7) is 2.78. The molecule has 0 radical (unpaired) electrons. The van der Waals surface area contributed by atoms with Crippen molar-refractivity contribution in [3.63, 3.8) is 0 Å². The van der Waals surface area contributed by atoms with Crippen LogP contribution in [0.1, 0.15) is 33.3 Å². The Morgan fingerprint density at radius 3 is 2.44 bits per heavy atom. The van der Waals surface area contributed by atoms with E-state index in [9.17, 15) is 14.0 Å². The van der Waals surface area contributed by atoms with Gasteiger partial charge in [0.25, 0.3) is 5.91 Å². The molecule has 5 rings (SSSR count). The van der Waals surface area contributed by atoms with Gasteiger partial charge >= 0.3 is 0 Å². The molecule has 3 heterocycles. The highest BCUT2D eigenvalue weighted by Gasteiger charge is 2.36. The Morgan fingerprint density at radius 1 is 0.969 bits per heavy atom. The number of fused-ring (bicyclic) bond motifs is 1. The first-order valence-electron chi connectivity index (χ1n) is 10.8. The van der Waals surface area contributed by atoms with Crippen molar-refractivity contribution in [3.8, 4) is 0 Å². The molecule has 32 heavy (non-hydrogen) atoms. The summed E-state index contributed by atoms with van der Waals surface area (Å²) in [5.74, 6) is -0.228. The second-order valence-electron chi connectivity index (χ2n) is 8.14. The first-order valence-corrected chi connectivity index (χ1v) is 11.7. The molecule has 0 N–H and O–H groups in total. The van der Waals surface area contributed by atoms with Crippen LogP contribution in [0.15, 0.2) is 66.0 Å². The molecule has 1 saturated heterocycles. The number of para-hydroxylation sites is 1. The van der Waals surface area contributed by atoms with E-state index >= 15 is 0 Å². The van der Waals surface area contributed by atoms with Crippen LogP contribution >= 0.6 is 11.3 Å². The van der Waals surface area contributed by atoms with Crippen LogP contribution in [0.5, 0.6) is 0 Å². The molecule has 3 aromatic rings. The average Bonchev–Trinajstić information content (AvgIpc) is 3.47. The summed E-state index contributed by atoms with van der Waals surface area (Å²) in [6.07, 6.45) is 0.250. The van der Waals surface area contributed by atoms with E-state index in [1.165, 1.54) is 6.07 Å². The quantitative estimate of drug-likeness (QED) is 0.583. The van der Waals surface area contributed by atoms with E-state index in [1.807, 2.05) is 62.5 Å². The number of halogens is 1. The molecule has 2 aromatic carbocycles. The highest BCUT2D eigenvalue weighted by Crippen LogP contribution is 2.36. The van der Waals surface area contributed by atoms with E-state index in [0.717, 1.165) is 16.0 Å². The molecule has 7 heteroatoms. The Labute approximate surface area is 190 Å². The van der Waals surface area contributed by atoms with Crippen molar-refractivity contribution in [2.75, 3.05) is 31.1 Å². The van der Waals surface area contributed by atoms with Crippen molar-refractivity contribution >= 4 is 28.8 Å². The minimum Gasteiger partial charge on any atom is -0.366 e. The van der Waals surface area contributed by atoms with Gasteiger partial charge in [-0.2, -0.15) is 0 Å². The molecule has 2 amide bonds. The van der Waals surface area contributed by atoms with Crippen molar-refractivity contribution in [1.82, 2.24) is 9.80 Å². The highest BCUT2D eigenvalue weighted by molar-refractivity contribution is 7.10. The number of nitrogens with zero attached hydrogens (tertiary/aromatic N) is 3. The molecular formula is C25H24FN3O2S. The number of amides is 2. The van der Waals surface area contributed by atoms with Crippen LogP contribution < -0.4 is 4.90 Å². The van der Waals surface area contributed by atoms with Crippen LogP contribution in [0.2, 0.25) is 0 Å². The Morgan fingerprint density at radius 2 is 1.72 bits per heavy atom. The minimum absolute atomic E-state index is 0.0174. The Bertz CT molecular complexity index is 1130. The SMILES string of the molecule is O=C(CC(c1cccs1)N1Cc2ccccc2C1=O)N1CCN(c2ccccc2F)CC1. The van der Waals surface area contributed by atoms with Gasteiger partial charge in [0.05, 0.1) is 18.2 Å². The molecule has 0 bridgehead atoms. The average molecular weight is 450 g/mol. The third-order valence-electron chi connectivity index (χ3n) is 6.29. The van der Waals surface area contributed by atoms with Crippen molar-refractivity contribution in [1.29, 1.82) is 0 Å². The van der Waals surface area contributed by atoms with Gasteiger partial charge in [0.15, 0.2) is 0 Å². The van der Waals surface area contributed by atoms with E-state index in [2.05, 4.69) is 0 Å². The van der Waals surface area contributed by atoms with Crippen LogP contribution in [0.3, 0.4) is 0 Å². The fourth-order valence-corrected chi connectivity index (χ4v) is 5.41. The number of benzene rings is 2. The largest absolute Gasteiger partial charge is 0.366 e. The number of hydrogen-bond donors (Lipinski definition) is 0. The molecule has 1 unspecified atom stereocenters. The number of anilines is 1. The van der Waals surface area contributed by atoms with Gasteiger partial charge < -0.3 is 14.7 Å². The van der Waals surface area contributed by atoms with Crippen molar-refractivity contribution in [3.05, 3.63) is 87.9 Å². The van der Waals surface area contributed by atoms with Gasteiger partial charge in [-0.25, -0.2) is 4.39 Å². The summed E-state index contributed by atoms with van der Waals surface area (Å²) in [4.78, 5) is 33.0. The maximum atomic E-state index is 14.1. The number of carbonyl (C=O) groups is 2. The lowest BCUT2D eigenvalue weighted by molar-refractivity contribution is -0.132. The van der Waals surface area contributed by atoms with Gasteiger partial charge in [-0.15, -0.1) is 11.3 Å². The monoisotopic (exact) mass is 449 g/mol. The summed E-state index contributed by atoms with van der Waals surface area (Å²) < 4.78 is 14.1. The molecule has 1 aromatic heterocycles. The smallest absolute Gasteiger partial charge is 0.255 e. The number of thiophene rings is 1. The second-order valence-corrected chi connectivity index (χ2v) is 9.12. The first-order chi connectivity index (χ1) is 15.6. The second kappa shape index (κ2) is 8.74. The number of rotatable bonds is 5. The topological polar surface area (TPSA) is 43.9 Å².